The molecule has 1 amide bonds. The van der Waals surface area contributed by atoms with Crippen molar-refractivity contribution in [1.29, 1.82) is 0 Å². The molecule has 5 aromatic rings. The van der Waals surface area contributed by atoms with Gasteiger partial charge in [0.25, 0.3) is 0 Å². The number of amides is 1. The summed E-state index contributed by atoms with van der Waals surface area (Å²) >= 11 is 0. The standard InChI is InChI=1S/C27H25N7O2/c1-17-26-21(20-10-6-7-11-22(20)36-15-14-19-8-4-3-5-9-19)16-25(35)28-27(26)34(31-17)24-13-12-23-30-29-18(2)33(23)32-24/h3-13,21H,14-16H2,1-2H3,(H,28,35)/t21-/m0/s1. The predicted octanol–water partition coefficient (Wildman–Crippen LogP) is 4.02. The minimum atomic E-state index is -0.184. The lowest BCUT2D eigenvalue weighted by atomic mass is 9.85. The van der Waals surface area contributed by atoms with Crippen LogP contribution in [0.2, 0.25) is 0 Å². The first-order valence-electron chi connectivity index (χ1n) is 11.9. The highest BCUT2D eigenvalue weighted by Gasteiger charge is 2.34. The van der Waals surface area contributed by atoms with Crippen LogP contribution in [0.3, 0.4) is 0 Å². The molecule has 180 valence electrons. The Kier molecular flexibility index (Phi) is 5.44. The minimum Gasteiger partial charge on any atom is -0.493 e. The van der Waals surface area contributed by atoms with Crippen LogP contribution in [0.5, 0.6) is 5.75 Å². The highest BCUT2D eigenvalue weighted by atomic mass is 16.5. The van der Waals surface area contributed by atoms with E-state index in [9.17, 15) is 4.79 Å². The highest BCUT2D eigenvalue weighted by Crippen LogP contribution is 2.43. The second kappa shape index (κ2) is 8.92. The molecule has 6 rings (SSSR count). The number of hydrogen-bond donors (Lipinski definition) is 1. The number of carbonyl (C=O) groups is 1. The van der Waals surface area contributed by atoms with E-state index in [1.54, 1.807) is 9.20 Å². The van der Waals surface area contributed by atoms with E-state index in [2.05, 4.69) is 32.7 Å². The number of nitrogens with zero attached hydrogens (tertiary/aromatic N) is 6. The van der Waals surface area contributed by atoms with Gasteiger partial charge in [0, 0.05) is 29.9 Å². The van der Waals surface area contributed by atoms with Gasteiger partial charge in [-0.2, -0.15) is 14.3 Å². The summed E-state index contributed by atoms with van der Waals surface area (Å²) in [7, 11) is 0. The van der Waals surface area contributed by atoms with Crippen molar-refractivity contribution in [2.24, 2.45) is 0 Å². The molecule has 0 unspecified atom stereocenters. The maximum Gasteiger partial charge on any atom is 0.226 e. The Morgan fingerprint density at radius 3 is 2.64 bits per heavy atom. The third-order valence-electron chi connectivity index (χ3n) is 6.51. The lowest BCUT2D eigenvalue weighted by Crippen LogP contribution is -2.25. The Labute approximate surface area is 207 Å². The van der Waals surface area contributed by atoms with Gasteiger partial charge in [0.2, 0.25) is 5.91 Å². The molecule has 9 nitrogen and oxygen atoms in total. The van der Waals surface area contributed by atoms with Gasteiger partial charge in [-0.1, -0.05) is 48.5 Å². The van der Waals surface area contributed by atoms with Crippen molar-refractivity contribution in [1.82, 2.24) is 29.6 Å². The molecule has 1 N–H and O–H groups in total. The Morgan fingerprint density at radius 1 is 0.972 bits per heavy atom. The molecule has 2 aromatic carbocycles. The first kappa shape index (κ1) is 22.0. The van der Waals surface area contributed by atoms with Crippen LogP contribution < -0.4 is 10.1 Å². The largest absolute Gasteiger partial charge is 0.493 e. The smallest absolute Gasteiger partial charge is 0.226 e. The van der Waals surface area contributed by atoms with Crippen molar-refractivity contribution < 1.29 is 9.53 Å². The Morgan fingerprint density at radius 2 is 1.78 bits per heavy atom. The molecule has 0 spiro atoms. The Hall–Kier alpha value is -4.53. The zero-order valence-corrected chi connectivity index (χ0v) is 20.0. The third kappa shape index (κ3) is 3.88. The molecular formula is C27H25N7O2. The number of benzene rings is 2. The van der Waals surface area contributed by atoms with E-state index in [-0.39, 0.29) is 11.8 Å². The van der Waals surface area contributed by atoms with E-state index in [0.717, 1.165) is 29.0 Å². The molecule has 0 bridgehead atoms. The Balaban J connectivity index is 1.36. The number of carbonyl (C=O) groups excluding carboxylic acids is 1. The number of anilines is 1. The van der Waals surface area contributed by atoms with E-state index in [1.807, 2.05) is 68.4 Å². The highest BCUT2D eigenvalue weighted by molar-refractivity contribution is 5.95. The molecule has 0 fully saturated rings. The average Bonchev–Trinajstić information content (AvgIpc) is 3.43. The number of hydrogen-bond acceptors (Lipinski definition) is 6. The van der Waals surface area contributed by atoms with Gasteiger partial charge in [0.05, 0.1) is 12.3 Å². The second-order valence-corrected chi connectivity index (χ2v) is 8.90. The summed E-state index contributed by atoms with van der Waals surface area (Å²) in [5, 5.41) is 20.6. The van der Waals surface area contributed by atoms with Gasteiger partial charge in [-0.3, -0.25) is 4.79 Å². The van der Waals surface area contributed by atoms with Gasteiger partial charge >= 0.3 is 0 Å². The lowest BCUT2D eigenvalue weighted by Gasteiger charge is -2.26. The van der Waals surface area contributed by atoms with Crippen molar-refractivity contribution in [2.75, 3.05) is 11.9 Å². The number of nitrogens with one attached hydrogen (secondary N) is 1. The molecule has 36 heavy (non-hydrogen) atoms. The number of ether oxygens (including phenoxy) is 1. The topological polar surface area (TPSA) is 99.2 Å². The van der Waals surface area contributed by atoms with Crippen LogP contribution in [0, 0.1) is 13.8 Å². The first-order chi connectivity index (χ1) is 17.6. The number of aryl methyl sites for hydroxylation is 2. The molecule has 0 radical (unpaired) electrons. The first-order valence-corrected chi connectivity index (χ1v) is 11.9. The Bertz CT molecular complexity index is 1570. The third-order valence-corrected chi connectivity index (χ3v) is 6.51. The zero-order valence-electron chi connectivity index (χ0n) is 20.0. The number of rotatable bonds is 6. The zero-order chi connectivity index (χ0) is 24.6. The monoisotopic (exact) mass is 479 g/mol. The molecule has 0 saturated heterocycles. The molecule has 1 aliphatic rings. The predicted molar refractivity (Wildman–Crippen MR) is 135 cm³/mol. The fourth-order valence-corrected chi connectivity index (χ4v) is 4.80. The van der Waals surface area contributed by atoms with E-state index < -0.39 is 0 Å². The minimum absolute atomic E-state index is 0.0747. The molecule has 1 atom stereocenters. The molecule has 0 aliphatic carbocycles. The van der Waals surface area contributed by atoms with Crippen molar-refractivity contribution in [3.63, 3.8) is 0 Å². The van der Waals surface area contributed by atoms with Gasteiger partial charge < -0.3 is 10.1 Å². The van der Waals surface area contributed by atoms with Gasteiger partial charge in [-0.15, -0.1) is 15.3 Å². The summed E-state index contributed by atoms with van der Waals surface area (Å²) in [5.41, 5.74) is 4.65. The molecule has 3 aromatic heterocycles. The lowest BCUT2D eigenvalue weighted by molar-refractivity contribution is -0.116. The number of fused-ring (bicyclic) bond motifs is 2. The van der Waals surface area contributed by atoms with E-state index in [4.69, 9.17) is 9.84 Å². The van der Waals surface area contributed by atoms with Crippen LogP contribution in [0.1, 0.15) is 40.5 Å². The van der Waals surface area contributed by atoms with Crippen LogP contribution in [0.25, 0.3) is 11.5 Å². The van der Waals surface area contributed by atoms with Gasteiger partial charge in [-0.25, -0.2) is 0 Å². The summed E-state index contributed by atoms with van der Waals surface area (Å²) in [6.45, 7) is 4.35. The fourth-order valence-electron chi connectivity index (χ4n) is 4.80. The van der Waals surface area contributed by atoms with Crippen molar-refractivity contribution >= 4 is 17.4 Å². The summed E-state index contributed by atoms with van der Waals surface area (Å²) in [6.07, 6.45) is 1.12. The van der Waals surface area contributed by atoms with Crippen LogP contribution in [-0.4, -0.2) is 42.1 Å². The summed E-state index contributed by atoms with van der Waals surface area (Å²) in [5.74, 6) is 2.40. The number of aromatic nitrogens is 6. The quantitative estimate of drug-likeness (QED) is 0.395. The van der Waals surface area contributed by atoms with Crippen LogP contribution >= 0.6 is 0 Å². The van der Waals surface area contributed by atoms with Crippen LogP contribution in [0.15, 0.2) is 66.7 Å². The van der Waals surface area contributed by atoms with Crippen molar-refractivity contribution in [3.8, 4) is 11.6 Å². The van der Waals surface area contributed by atoms with E-state index in [1.165, 1.54) is 5.56 Å². The molecule has 4 heterocycles. The van der Waals surface area contributed by atoms with E-state index in [0.29, 0.717) is 36.1 Å². The summed E-state index contributed by atoms with van der Waals surface area (Å²) in [6, 6.07) is 21.9. The average molecular weight is 480 g/mol. The summed E-state index contributed by atoms with van der Waals surface area (Å²) < 4.78 is 9.59. The second-order valence-electron chi connectivity index (χ2n) is 8.90. The van der Waals surface area contributed by atoms with Crippen LogP contribution in [-0.2, 0) is 11.2 Å². The normalized spacial score (nSPS) is 15.1. The fraction of sp³-hybridized carbons (Fsp3) is 0.222. The maximum absolute atomic E-state index is 12.9. The SMILES string of the molecule is Cc1nn(-c2ccc3nnc(C)n3n2)c2c1[C@H](c1ccccc1OCCc1ccccc1)CC(=O)N2. The van der Waals surface area contributed by atoms with Crippen molar-refractivity contribution in [2.45, 2.75) is 32.6 Å². The van der Waals surface area contributed by atoms with Gasteiger partial charge in [0.15, 0.2) is 17.3 Å². The van der Waals surface area contributed by atoms with E-state index >= 15 is 0 Å². The molecular weight excluding hydrogens is 454 g/mol. The van der Waals surface area contributed by atoms with Crippen molar-refractivity contribution in [3.05, 3.63) is 94.9 Å². The molecule has 0 saturated carbocycles. The molecule has 9 heteroatoms. The maximum atomic E-state index is 12.9. The van der Waals surface area contributed by atoms with Gasteiger partial charge in [-0.05, 0) is 37.6 Å². The molecule has 1 aliphatic heterocycles. The van der Waals surface area contributed by atoms with Crippen LogP contribution in [0.4, 0.5) is 5.82 Å². The van der Waals surface area contributed by atoms with Gasteiger partial charge in [0.1, 0.15) is 11.6 Å². The number of para-hydroxylation sites is 1. The summed E-state index contributed by atoms with van der Waals surface area (Å²) in [4.78, 5) is 12.9.